The summed E-state index contributed by atoms with van der Waals surface area (Å²) in [5.74, 6) is 5.06. The molecule has 0 saturated heterocycles. The Kier molecular flexibility index (Phi) is 4.89. The van der Waals surface area contributed by atoms with Gasteiger partial charge in [0, 0.05) is 5.57 Å². The van der Waals surface area contributed by atoms with Crippen LogP contribution < -0.4 is 11.2 Å². The molecule has 0 unspecified atom stereocenters. The zero-order chi connectivity index (χ0) is 13.5. The molecule has 4 nitrogen and oxygen atoms in total. The third kappa shape index (κ3) is 4.05. The molecule has 2 rings (SSSR count). The molecule has 4 heteroatoms. The molecule has 1 atom stereocenters. The summed E-state index contributed by atoms with van der Waals surface area (Å²) in [7, 11) is 0. The van der Waals surface area contributed by atoms with Gasteiger partial charge in [0.2, 0.25) is 0 Å². The largest absolute Gasteiger partial charge is 0.347 e. The van der Waals surface area contributed by atoms with Gasteiger partial charge in [-0.2, -0.15) is 0 Å². The molecule has 100 valence electrons. The highest BCUT2D eigenvalue weighted by Crippen LogP contribution is 2.10. The number of carbonyl (C=O) groups excluding carboxylic acids is 1. The summed E-state index contributed by atoms with van der Waals surface area (Å²) in [6, 6.07) is 9.81. The number of nitrogens with one attached hydrogen (secondary N) is 1. The Labute approximate surface area is 112 Å². The fourth-order valence-corrected chi connectivity index (χ4v) is 2.06. The van der Waals surface area contributed by atoms with Crippen LogP contribution in [0.4, 0.5) is 0 Å². The number of benzene rings is 1. The van der Waals surface area contributed by atoms with Crippen LogP contribution in [0.5, 0.6) is 0 Å². The van der Waals surface area contributed by atoms with Crippen molar-refractivity contribution in [2.75, 3.05) is 6.61 Å². The van der Waals surface area contributed by atoms with Crippen LogP contribution >= 0.6 is 0 Å². The highest BCUT2D eigenvalue weighted by Gasteiger charge is 2.16. The van der Waals surface area contributed by atoms with Gasteiger partial charge in [0.25, 0.3) is 5.91 Å². The quantitative estimate of drug-likeness (QED) is 0.760. The SMILES string of the molecule is NOC[C@H](Cc1ccccc1)NC(=O)C1=CCC=C1. The van der Waals surface area contributed by atoms with Crippen molar-refractivity contribution in [3.63, 3.8) is 0 Å². The van der Waals surface area contributed by atoms with Gasteiger partial charge in [-0.1, -0.05) is 48.6 Å². The van der Waals surface area contributed by atoms with E-state index in [1.165, 1.54) is 0 Å². The van der Waals surface area contributed by atoms with Gasteiger partial charge in [-0.05, 0) is 18.4 Å². The summed E-state index contributed by atoms with van der Waals surface area (Å²) in [5.41, 5.74) is 1.84. The summed E-state index contributed by atoms with van der Waals surface area (Å²) in [5, 5.41) is 2.94. The lowest BCUT2D eigenvalue weighted by Gasteiger charge is -2.17. The number of nitrogens with two attached hydrogens (primary N) is 1. The number of hydrogen-bond donors (Lipinski definition) is 2. The number of amides is 1. The highest BCUT2D eigenvalue weighted by atomic mass is 16.6. The first-order chi connectivity index (χ1) is 9.29. The Hall–Kier alpha value is -1.91. The predicted molar refractivity (Wildman–Crippen MR) is 74.1 cm³/mol. The first kappa shape index (κ1) is 13.5. The van der Waals surface area contributed by atoms with E-state index in [1.54, 1.807) is 0 Å². The van der Waals surface area contributed by atoms with Crippen molar-refractivity contribution in [1.82, 2.24) is 5.32 Å². The van der Waals surface area contributed by atoms with E-state index >= 15 is 0 Å². The highest BCUT2D eigenvalue weighted by molar-refractivity contribution is 5.96. The average molecular weight is 258 g/mol. The van der Waals surface area contributed by atoms with Gasteiger partial charge < -0.3 is 10.2 Å². The molecular formula is C15H18N2O2. The molecule has 1 aromatic rings. The fourth-order valence-electron chi connectivity index (χ4n) is 2.06. The van der Waals surface area contributed by atoms with Crippen molar-refractivity contribution in [2.24, 2.45) is 5.90 Å². The van der Waals surface area contributed by atoms with Crippen molar-refractivity contribution in [1.29, 1.82) is 0 Å². The van der Waals surface area contributed by atoms with Crippen LogP contribution in [0.25, 0.3) is 0 Å². The molecule has 0 radical (unpaired) electrons. The summed E-state index contributed by atoms with van der Waals surface area (Å²) in [6.07, 6.45) is 7.21. The second-order valence-corrected chi connectivity index (χ2v) is 4.49. The number of allylic oxidation sites excluding steroid dienone is 2. The van der Waals surface area contributed by atoms with Crippen LogP contribution in [-0.4, -0.2) is 18.6 Å². The molecule has 0 aliphatic heterocycles. The topological polar surface area (TPSA) is 64.3 Å². The van der Waals surface area contributed by atoms with Crippen LogP contribution in [0.2, 0.25) is 0 Å². The van der Waals surface area contributed by atoms with Crippen LogP contribution in [-0.2, 0) is 16.1 Å². The number of carbonyl (C=O) groups is 1. The molecule has 1 aliphatic rings. The van der Waals surface area contributed by atoms with Gasteiger partial charge in [-0.25, -0.2) is 5.90 Å². The van der Waals surface area contributed by atoms with Crippen molar-refractivity contribution in [2.45, 2.75) is 18.9 Å². The third-order valence-electron chi connectivity index (χ3n) is 2.99. The molecule has 0 aromatic heterocycles. The summed E-state index contributed by atoms with van der Waals surface area (Å²) in [4.78, 5) is 16.7. The Bertz CT molecular complexity index is 480. The first-order valence-corrected chi connectivity index (χ1v) is 6.33. The average Bonchev–Trinajstić information content (AvgIpc) is 2.94. The summed E-state index contributed by atoms with van der Waals surface area (Å²) >= 11 is 0. The van der Waals surface area contributed by atoms with Crippen LogP contribution in [0.15, 0.2) is 54.1 Å². The summed E-state index contributed by atoms with van der Waals surface area (Å²) < 4.78 is 0. The fraction of sp³-hybridized carbons (Fsp3) is 0.267. The molecule has 19 heavy (non-hydrogen) atoms. The molecule has 0 fully saturated rings. The van der Waals surface area contributed by atoms with Crippen molar-refractivity contribution in [3.8, 4) is 0 Å². The maximum atomic E-state index is 12.0. The monoisotopic (exact) mass is 258 g/mol. The zero-order valence-electron chi connectivity index (χ0n) is 10.7. The van der Waals surface area contributed by atoms with Gasteiger partial charge in [0.05, 0.1) is 12.6 Å². The van der Waals surface area contributed by atoms with Gasteiger partial charge >= 0.3 is 0 Å². The molecule has 3 N–H and O–H groups in total. The lowest BCUT2D eigenvalue weighted by molar-refractivity contribution is -0.118. The molecule has 1 amide bonds. The van der Waals surface area contributed by atoms with E-state index in [0.29, 0.717) is 12.0 Å². The van der Waals surface area contributed by atoms with Crippen LogP contribution in [0.3, 0.4) is 0 Å². The molecule has 0 saturated carbocycles. The normalized spacial score (nSPS) is 15.1. The van der Waals surface area contributed by atoms with Gasteiger partial charge in [0.15, 0.2) is 0 Å². The minimum absolute atomic E-state index is 0.0771. The standard InChI is InChI=1S/C15H18N2O2/c16-19-11-14(10-12-6-2-1-3-7-12)17-15(18)13-8-4-5-9-13/h1-4,6-9,14H,5,10-11,16H2,(H,17,18)/t14-/m0/s1. The Morgan fingerprint density at radius 1 is 1.37 bits per heavy atom. The minimum Gasteiger partial charge on any atom is -0.347 e. The third-order valence-corrected chi connectivity index (χ3v) is 2.99. The lowest BCUT2D eigenvalue weighted by atomic mass is 10.1. The van der Waals surface area contributed by atoms with E-state index in [2.05, 4.69) is 10.2 Å². The van der Waals surface area contributed by atoms with Crippen LogP contribution in [0, 0.1) is 0 Å². The second-order valence-electron chi connectivity index (χ2n) is 4.49. The van der Waals surface area contributed by atoms with Crippen molar-refractivity contribution in [3.05, 3.63) is 59.7 Å². The van der Waals surface area contributed by atoms with Gasteiger partial charge in [-0.15, -0.1) is 0 Å². The molecule has 0 spiro atoms. The number of hydrogen-bond acceptors (Lipinski definition) is 3. The molecule has 0 heterocycles. The van der Waals surface area contributed by atoms with E-state index in [4.69, 9.17) is 5.90 Å². The maximum Gasteiger partial charge on any atom is 0.251 e. The predicted octanol–water partition coefficient (Wildman–Crippen LogP) is 1.49. The molecular weight excluding hydrogens is 240 g/mol. The maximum absolute atomic E-state index is 12.0. The smallest absolute Gasteiger partial charge is 0.251 e. The first-order valence-electron chi connectivity index (χ1n) is 6.33. The number of rotatable bonds is 6. The Balaban J connectivity index is 1.96. The second kappa shape index (κ2) is 6.87. The van der Waals surface area contributed by atoms with Gasteiger partial charge in [0.1, 0.15) is 0 Å². The van der Waals surface area contributed by atoms with Crippen molar-refractivity contribution >= 4 is 5.91 Å². The van der Waals surface area contributed by atoms with E-state index < -0.39 is 0 Å². The van der Waals surface area contributed by atoms with Crippen LogP contribution in [0.1, 0.15) is 12.0 Å². The van der Waals surface area contributed by atoms with Gasteiger partial charge in [-0.3, -0.25) is 4.79 Å². The molecule has 0 bridgehead atoms. The molecule has 1 aromatic carbocycles. The van der Waals surface area contributed by atoms with E-state index in [9.17, 15) is 4.79 Å². The Morgan fingerprint density at radius 3 is 2.79 bits per heavy atom. The minimum atomic E-state index is -0.130. The van der Waals surface area contributed by atoms with E-state index in [-0.39, 0.29) is 18.6 Å². The van der Waals surface area contributed by atoms with E-state index in [0.717, 1.165) is 12.0 Å². The van der Waals surface area contributed by atoms with E-state index in [1.807, 2.05) is 48.6 Å². The lowest BCUT2D eigenvalue weighted by Crippen LogP contribution is -2.40. The molecule has 1 aliphatic carbocycles. The van der Waals surface area contributed by atoms with Crippen molar-refractivity contribution < 1.29 is 9.63 Å². The summed E-state index contributed by atoms with van der Waals surface area (Å²) in [6.45, 7) is 0.289. The Morgan fingerprint density at radius 2 is 2.16 bits per heavy atom. The zero-order valence-corrected chi connectivity index (χ0v) is 10.7.